The number of nitrogens with one attached hydrogen (secondary N) is 2. The normalized spacial score (nSPS) is 16.0. The summed E-state index contributed by atoms with van der Waals surface area (Å²) < 4.78 is 5.39. The van der Waals surface area contributed by atoms with Gasteiger partial charge in [0.05, 0.1) is 12.5 Å². The molecular formula is C21H23N3O4. The monoisotopic (exact) mass is 381 g/mol. The van der Waals surface area contributed by atoms with Gasteiger partial charge in [-0.25, -0.2) is 0 Å². The maximum atomic E-state index is 12.6. The number of carbonyl (C=O) groups excluding carboxylic acids is 3. The van der Waals surface area contributed by atoms with Gasteiger partial charge in [-0.3, -0.25) is 14.4 Å². The summed E-state index contributed by atoms with van der Waals surface area (Å²) in [6, 6.07) is 14.2. The zero-order valence-electron chi connectivity index (χ0n) is 15.9. The van der Waals surface area contributed by atoms with Gasteiger partial charge in [-0.2, -0.15) is 0 Å². The summed E-state index contributed by atoms with van der Waals surface area (Å²) in [5.41, 5.74) is 1.93. The molecule has 2 N–H and O–H groups in total. The first-order chi connectivity index (χ1) is 13.5. The minimum absolute atomic E-state index is 0.119. The largest absolute Gasteiger partial charge is 0.494 e. The third-order valence-corrected chi connectivity index (χ3v) is 4.41. The summed E-state index contributed by atoms with van der Waals surface area (Å²) in [5.74, 6) is -0.201. The highest BCUT2D eigenvalue weighted by atomic mass is 16.5. The molecule has 1 saturated heterocycles. The van der Waals surface area contributed by atoms with E-state index in [9.17, 15) is 14.4 Å². The highest BCUT2D eigenvalue weighted by Crippen LogP contribution is 2.28. The molecule has 0 unspecified atom stereocenters. The zero-order valence-corrected chi connectivity index (χ0v) is 15.9. The molecule has 2 aromatic rings. The molecule has 0 aromatic heterocycles. The molecule has 1 fully saturated rings. The second kappa shape index (κ2) is 8.56. The molecule has 0 radical (unpaired) electrons. The van der Waals surface area contributed by atoms with Crippen molar-refractivity contribution < 1.29 is 19.1 Å². The predicted octanol–water partition coefficient (Wildman–Crippen LogP) is 3.04. The van der Waals surface area contributed by atoms with Crippen LogP contribution in [0.4, 0.5) is 17.1 Å². The number of hydrogen-bond donors (Lipinski definition) is 2. The molecule has 2 aromatic carbocycles. The van der Waals surface area contributed by atoms with Crippen molar-refractivity contribution in [1.82, 2.24) is 0 Å². The van der Waals surface area contributed by atoms with Crippen LogP contribution in [0.1, 0.15) is 20.3 Å². The summed E-state index contributed by atoms with van der Waals surface area (Å²) in [5, 5.41) is 5.55. The summed E-state index contributed by atoms with van der Waals surface area (Å²) >= 11 is 0. The Morgan fingerprint density at radius 2 is 1.86 bits per heavy atom. The number of anilines is 3. The molecule has 7 heteroatoms. The van der Waals surface area contributed by atoms with Gasteiger partial charge < -0.3 is 20.3 Å². The van der Waals surface area contributed by atoms with Gasteiger partial charge in [0.25, 0.3) is 0 Å². The fourth-order valence-electron chi connectivity index (χ4n) is 3.13. The van der Waals surface area contributed by atoms with E-state index in [0.29, 0.717) is 30.2 Å². The lowest BCUT2D eigenvalue weighted by molar-refractivity contribution is -0.122. The molecule has 146 valence electrons. The van der Waals surface area contributed by atoms with Crippen molar-refractivity contribution in [2.75, 3.05) is 28.7 Å². The molecular weight excluding hydrogens is 358 g/mol. The lowest BCUT2D eigenvalue weighted by Gasteiger charge is -2.18. The van der Waals surface area contributed by atoms with Gasteiger partial charge in [0.1, 0.15) is 5.75 Å². The fraction of sp³-hybridized carbons (Fsp3) is 0.286. The van der Waals surface area contributed by atoms with E-state index in [1.807, 2.05) is 6.92 Å². The second-order valence-electron chi connectivity index (χ2n) is 6.58. The van der Waals surface area contributed by atoms with E-state index in [4.69, 9.17) is 4.74 Å². The Balaban J connectivity index is 1.65. The number of carbonyl (C=O) groups is 3. The number of ether oxygens (including phenoxy) is 1. The van der Waals surface area contributed by atoms with Crippen LogP contribution in [0.2, 0.25) is 0 Å². The zero-order chi connectivity index (χ0) is 20.1. The molecule has 1 aliphatic rings. The van der Waals surface area contributed by atoms with Crippen LogP contribution in [0, 0.1) is 5.92 Å². The minimum Gasteiger partial charge on any atom is -0.494 e. The van der Waals surface area contributed by atoms with E-state index < -0.39 is 5.92 Å². The van der Waals surface area contributed by atoms with E-state index in [-0.39, 0.29) is 24.1 Å². The Kier molecular flexibility index (Phi) is 5.93. The standard InChI is InChI=1S/C21H23N3O4/c1-3-28-19-9-7-16(8-10-19)23-21(27)15-11-20(26)24(13-15)18-6-4-5-17(12-18)22-14(2)25/h4-10,12,15H,3,11,13H2,1-2H3,(H,22,25)(H,23,27)/t15-/m1/s1. The van der Waals surface area contributed by atoms with Crippen LogP contribution in [0.25, 0.3) is 0 Å². The molecule has 1 aliphatic heterocycles. The van der Waals surface area contributed by atoms with E-state index in [1.54, 1.807) is 53.4 Å². The molecule has 7 nitrogen and oxygen atoms in total. The smallest absolute Gasteiger partial charge is 0.229 e. The number of benzene rings is 2. The van der Waals surface area contributed by atoms with E-state index in [2.05, 4.69) is 10.6 Å². The van der Waals surface area contributed by atoms with E-state index in [0.717, 1.165) is 5.75 Å². The summed E-state index contributed by atoms with van der Waals surface area (Å²) in [6.07, 6.45) is 0.146. The summed E-state index contributed by atoms with van der Waals surface area (Å²) in [7, 11) is 0. The lowest BCUT2D eigenvalue weighted by atomic mass is 10.1. The van der Waals surface area contributed by atoms with Crippen molar-refractivity contribution in [3.05, 3.63) is 48.5 Å². The van der Waals surface area contributed by atoms with Crippen LogP contribution in [-0.4, -0.2) is 30.9 Å². The van der Waals surface area contributed by atoms with Gasteiger partial charge in [0.15, 0.2) is 0 Å². The molecule has 0 bridgehead atoms. The van der Waals surface area contributed by atoms with Crippen LogP contribution in [0.5, 0.6) is 5.75 Å². The van der Waals surface area contributed by atoms with Gasteiger partial charge in [-0.05, 0) is 49.4 Å². The average molecular weight is 381 g/mol. The van der Waals surface area contributed by atoms with Crippen molar-refractivity contribution in [3.8, 4) is 5.75 Å². The van der Waals surface area contributed by atoms with E-state index in [1.165, 1.54) is 6.92 Å². The molecule has 28 heavy (non-hydrogen) atoms. The molecule has 3 rings (SSSR count). The van der Waals surface area contributed by atoms with Crippen LogP contribution in [0.3, 0.4) is 0 Å². The fourth-order valence-corrected chi connectivity index (χ4v) is 3.13. The number of hydrogen-bond acceptors (Lipinski definition) is 4. The first kappa shape index (κ1) is 19.4. The van der Waals surface area contributed by atoms with Crippen molar-refractivity contribution in [3.63, 3.8) is 0 Å². The maximum Gasteiger partial charge on any atom is 0.229 e. The van der Waals surface area contributed by atoms with Gasteiger partial charge in [-0.1, -0.05) is 6.07 Å². The number of nitrogens with zero attached hydrogens (tertiary/aromatic N) is 1. The minimum atomic E-state index is -0.441. The van der Waals surface area contributed by atoms with Gasteiger partial charge in [0.2, 0.25) is 17.7 Å². The SMILES string of the molecule is CCOc1ccc(NC(=O)[C@@H]2CC(=O)N(c3cccc(NC(C)=O)c3)C2)cc1. The van der Waals surface area contributed by atoms with Crippen molar-refractivity contribution in [1.29, 1.82) is 0 Å². The van der Waals surface area contributed by atoms with Gasteiger partial charge in [0, 0.05) is 37.0 Å². The highest BCUT2D eigenvalue weighted by molar-refractivity contribution is 6.04. The first-order valence-corrected chi connectivity index (χ1v) is 9.18. The third kappa shape index (κ3) is 4.68. The van der Waals surface area contributed by atoms with Crippen LogP contribution < -0.4 is 20.3 Å². The van der Waals surface area contributed by atoms with E-state index >= 15 is 0 Å². The lowest BCUT2D eigenvalue weighted by Crippen LogP contribution is -2.28. The Labute approximate surface area is 163 Å². The van der Waals surface area contributed by atoms with Gasteiger partial charge in [-0.15, -0.1) is 0 Å². The second-order valence-corrected chi connectivity index (χ2v) is 6.58. The quantitative estimate of drug-likeness (QED) is 0.805. The molecule has 0 spiro atoms. The maximum absolute atomic E-state index is 12.6. The third-order valence-electron chi connectivity index (χ3n) is 4.41. The van der Waals surface area contributed by atoms with Crippen LogP contribution in [-0.2, 0) is 14.4 Å². The summed E-state index contributed by atoms with van der Waals surface area (Å²) in [6.45, 7) is 4.21. The predicted molar refractivity (Wildman–Crippen MR) is 107 cm³/mol. The Morgan fingerprint density at radius 1 is 1.11 bits per heavy atom. The van der Waals surface area contributed by atoms with Crippen molar-refractivity contribution in [2.45, 2.75) is 20.3 Å². The Hall–Kier alpha value is -3.35. The summed E-state index contributed by atoms with van der Waals surface area (Å²) in [4.78, 5) is 37.8. The first-order valence-electron chi connectivity index (χ1n) is 9.18. The highest BCUT2D eigenvalue weighted by Gasteiger charge is 2.35. The number of rotatable bonds is 6. The molecule has 1 atom stereocenters. The van der Waals surface area contributed by atoms with Crippen molar-refractivity contribution >= 4 is 34.8 Å². The Morgan fingerprint density at radius 3 is 2.54 bits per heavy atom. The Bertz CT molecular complexity index is 879. The topological polar surface area (TPSA) is 87.7 Å². The van der Waals surface area contributed by atoms with Gasteiger partial charge >= 0.3 is 0 Å². The molecule has 1 heterocycles. The van der Waals surface area contributed by atoms with Crippen LogP contribution in [0.15, 0.2) is 48.5 Å². The molecule has 3 amide bonds. The van der Waals surface area contributed by atoms with Crippen molar-refractivity contribution in [2.24, 2.45) is 5.92 Å². The number of amides is 3. The van der Waals surface area contributed by atoms with Crippen LogP contribution >= 0.6 is 0 Å². The molecule has 0 aliphatic carbocycles. The molecule has 0 saturated carbocycles. The average Bonchev–Trinajstić information content (AvgIpc) is 3.05.